The van der Waals surface area contributed by atoms with Crippen molar-refractivity contribution in [2.24, 2.45) is 11.8 Å². The van der Waals surface area contributed by atoms with Crippen molar-refractivity contribution in [3.8, 4) is 0 Å². The lowest BCUT2D eigenvalue weighted by Crippen LogP contribution is -2.48. The normalized spacial score (nSPS) is 27.0. The summed E-state index contributed by atoms with van der Waals surface area (Å²) in [5, 5.41) is 10.6. The van der Waals surface area contributed by atoms with Crippen LogP contribution in [0.15, 0.2) is 24.3 Å². The first-order chi connectivity index (χ1) is 11.7. The van der Waals surface area contributed by atoms with E-state index in [2.05, 4.69) is 27.7 Å². The number of nitrogens with zero attached hydrogens (tertiary/aromatic N) is 3. The maximum atomic E-state index is 9.80. The fraction of sp³-hybridized carbons (Fsp3) is 0.684. The molecule has 134 valence electrons. The summed E-state index contributed by atoms with van der Waals surface area (Å²) < 4.78 is 0. The van der Waals surface area contributed by atoms with Crippen molar-refractivity contribution in [1.82, 2.24) is 14.7 Å². The van der Waals surface area contributed by atoms with Crippen LogP contribution in [-0.4, -0.2) is 78.8 Å². The lowest BCUT2D eigenvalue weighted by atomic mass is 9.96. The first-order valence-corrected chi connectivity index (χ1v) is 9.58. The second-order valence-electron chi connectivity index (χ2n) is 7.26. The highest BCUT2D eigenvalue weighted by Crippen LogP contribution is 2.26. The Bertz CT molecular complexity index is 519. The van der Waals surface area contributed by atoms with Crippen molar-refractivity contribution in [2.75, 3.05) is 59.0 Å². The Morgan fingerprint density at radius 2 is 1.75 bits per heavy atom. The molecule has 2 heterocycles. The molecule has 2 fully saturated rings. The number of halogens is 1. The molecule has 0 amide bonds. The molecule has 0 radical (unpaired) electrons. The van der Waals surface area contributed by atoms with Gasteiger partial charge in [-0.05, 0) is 36.1 Å². The van der Waals surface area contributed by atoms with Gasteiger partial charge < -0.3 is 14.9 Å². The summed E-state index contributed by atoms with van der Waals surface area (Å²) in [5.74, 6) is 0.968. The SMILES string of the molecule is CCN1CCN(C[C@@H]2CN(Cc3cccc(Cl)c3)C[C@@H]2CO)CC1. The molecule has 0 aromatic heterocycles. The Morgan fingerprint density at radius 3 is 2.42 bits per heavy atom. The largest absolute Gasteiger partial charge is 0.396 e. The van der Waals surface area contributed by atoms with Crippen LogP contribution < -0.4 is 0 Å². The van der Waals surface area contributed by atoms with E-state index in [1.165, 1.54) is 18.7 Å². The predicted molar refractivity (Wildman–Crippen MR) is 99.3 cm³/mol. The quantitative estimate of drug-likeness (QED) is 0.849. The minimum atomic E-state index is 0.297. The third kappa shape index (κ3) is 4.70. The molecule has 0 unspecified atom stereocenters. The Kier molecular flexibility index (Phi) is 6.53. The number of rotatable bonds is 6. The van der Waals surface area contributed by atoms with Crippen LogP contribution in [0.1, 0.15) is 12.5 Å². The zero-order chi connectivity index (χ0) is 16.9. The predicted octanol–water partition coefficient (Wildman–Crippen LogP) is 2.02. The molecule has 24 heavy (non-hydrogen) atoms. The molecule has 1 aromatic rings. The van der Waals surface area contributed by atoms with Gasteiger partial charge in [-0.15, -0.1) is 0 Å². The van der Waals surface area contributed by atoms with E-state index in [9.17, 15) is 5.11 Å². The van der Waals surface area contributed by atoms with E-state index >= 15 is 0 Å². The van der Waals surface area contributed by atoms with Gasteiger partial charge in [0, 0.05) is 64.0 Å². The minimum Gasteiger partial charge on any atom is -0.396 e. The Hall–Kier alpha value is -0.650. The minimum absolute atomic E-state index is 0.297. The van der Waals surface area contributed by atoms with Gasteiger partial charge in [0.05, 0.1) is 0 Å². The number of aliphatic hydroxyl groups excluding tert-OH is 1. The summed E-state index contributed by atoms with van der Waals surface area (Å²) in [4.78, 5) is 7.57. The van der Waals surface area contributed by atoms with Crippen molar-refractivity contribution in [2.45, 2.75) is 13.5 Å². The first-order valence-electron chi connectivity index (χ1n) is 9.20. The van der Waals surface area contributed by atoms with Gasteiger partial charge in [-0.2, -0.15) is 0 Å². The van der Waals surface area contributed by atoms with E-state index in [0.717, 1.165) is 50.8 Å². The van der Waals surface area contributed by atoms with E-state index in [-0.39, 0.29) is 0 Å². The average molecular weight is 352 g/mol. The van der Waals surface area contributed by atoms with Crippen molar-refractivity contribution < 1.29 is 5.11 Å². The van der Waals surface area contributed by atoms with Gasteiger partial charge in [-0.3, -0.25) is 4.90 Å². The topological polar surface area (TPSA) is 30.0 Å². The summed E-state index contributed by atoms with van der Waals surface area (Å²) in [6, 6.07) is 8.12. The highest BCUT2D eigenvalue weighted by Gasteiger charge is 2.33. The lowest BCUT2D eigenvalue weighted by molar-refractivity contribution is 0.106. The van der Waals surface area contributed by atoms with E-state index in [1.807, 2.05) is 18.2 Å². The molecule has 0 aliphatic carbocycles. The van der Waals surface area contributed by atoms with Crippen LogP contribution in [0.4, 0.5) is 0 Å². The molecule has 0 bridgehead atoms. The molecule has 1 aromatic carbocycles. The lowest BCUT2D eigenvalue weighted by Gasteiger charge is -2.36. The second kappa shape index (κ2) is 8.63. The maximum Gasteiger partial charge on any atom is 0.0475 e. The summed E-state index contributed by atoms with van der Waals surface area (Å²) in [7, 11) is 0. The molecule has 0 spiro atoms. The van der Waals surface area contributed by atoms with E-state index < -0.39 is 0 Å². The van der Waals surface area contributed by atoms with E-state index in [1.54, 1.807) is 0 Å². The van der Waals surface area contributed by atoms with Crippen LogP contribution in [-0.2, 0) is 6.54 Å². The van der Waals surface area contributed by atoms with Gasteiger partial charge in [0.15, 0.2) is 0 Å². The van der Waals surface area contributed by atoms with Crippen LogP contribution in [0.5, 0.6) is 0 Å². The first kappa shape index (κ1) is 18.2. The van der Waals surface area contributed by atoms with Crippen LogP contribution in [0, 0.1) is 11.8 Å². The second-order valence-corrected chi connectivity index (χ2v) is 7.70. The number of hydrogen-bond acceptors (Lipinski definition) is 4. The molecule has 2 atom stereocenters. The molecule has 2 aliphatic rings. The Labute approximate surface area is 151 Å². The molecule has 3 rings (SSSR count). The molecule has 2 aliphatic heterocycles. The van der Waals surface area contributed by atoms with Gasteiger partial charge in [0.1, 0.15) is 0 Å². The van der Waals surface area contributed by atoms with Gasteiger partial charge in [-0.1, -0.05) is 30.7 Å². The smallest absolute Gasteiger partial charge is 0.0475 e. The summed E-state index contributed by atoms with van der Waals surface area (Å²) >= 11 is 6.10. The highest BCUT2D eigenvalue weighted by atomic mass is 35.5. The third-order valence-electron chi connectivity index (χ3n) is 5.59. The zero-order valence-electron chi connectivity index (χ0n) is 14.7. The standard InChI is InChI=1S/C19H30ClN3O/c1-2-21-6-8-22(9-7-21)12-17-13-23(14-18(17)15-24)11-16-4-3-5-19(20)10-16/h3-5,10,17-18,24H,2,6-9,11-15H2,1H3/t17-,18-/m1/s1. The number of benzene rings is 1. The highest BCUT2D eigenvalue weighted by molar-refractivity contribution is 6.30. The summed E-state index contributed by atoms with van der Waals surface area (Å²) in [6.45, 7) is 12.5. The molecule has 0 saturated carbocycles. The fourth-order valence-electron chi connectivity index (χ4n) is 4.09. The molecular formula is C19H30ClN3O. The van der Waals surface area contributed by atoms with Gasteiger partial charge in [-0.25, -0.2) is 0 Å². The number of likely N-dealkylation sites (N-methyl/N-ethyl adjacent to an activating group) is 1. The maximum absolute atomic E-state index is 9.80. The Balaban J connectivity index is 1.52. The van der Waals surface area contributed by atoms with Crippen LogP contribution in [0.2, 0.25) is 5.02 Å². The number of hydrogen-bond donors (Lipinski definition) is 1. The van der Waals surface area contributed by atoms with E-state index in [0.29, 0.717) is 18.4 Å². The van der Waals surface area contributed by atoms with Crippen LogP contribution in [0.25, 0.3) is 0 Å². The fourth-order valence-corrected chi connectivity index (χ4v) is 4.30. The van der Waals surface area contributed by atoms with E-state index in [4.69, 9.17) is 11.6 Å². The van der Waals surface area contributed by atoms with Crippen molar-refractivity contribution in [3.05, 3.63) is 34.9 Å². The van der Waals surface area contributed by atoms with Gasteiger partial charge in [0.2, 0.25) is 0 Å². The summed E-state index contributed by atoms with van der Waals surface area (Å²) in [6.07, 6.45) is 0. The van der Waals surface area contributed by atoms with Crippen molar-refractivity contribution >= 4 is 11.6 Å². The third-order valence-corrected chi connectivity index (χ3v) is 5.82. The number of piperazine rings is 1. The number of aliphatic hydroxyl groups is 1. The van der Waals surface area contributed by atoms with Crippen molar-refractivity contribution in [3.63, 3.8) is 0 Å². The average Bonchev–Trinajstić information content (AvgIpc) is 2.97. The summed E-state index contributed by atoms with van der Waals surface area (Å²) in [5.41, 5.74) is 1.26. The monoisotopic (exact) mass is 351 g/mol. The zero-order valence-corrected chi connectivity index (χ0v) is 15.5. The van der Waals surface area contributed by atoms with Crippen molar-refractivity contribution in [1.29, 1.82) is 0 Å². The molecule has 2 saturated heterocycles. The van der Waals surface area contributed by atoms with Crippen LogP contribution >= 0.6 is 11.6 Å². The Morgan fingerprint density at radius 1 is 1.04 bits per heavy atom. The molecule has 5 heteroatoms. The van der Waals surface area contributed by atoms with Gasteiger partial charge in [0.25, 0.3) is 0 Å². The number of likely N-dealkylation sites (tertiary alicyclic amines) is 1. The van der Waals surface area contributed by atoms with Crippen LogP contribution in [0.3, 0.4) is 0 Å². The molecular weight excluding hydrogens is 322 g/mol. The van der Waals surface area contributed by atoms with Gasteiger partial charge >= 0.3 is 0 Å². The molecule has 1 N–H and O–H groups in total. The molecule has 4 nitrogen and oxygen atoms in total.